The lowest BCUT2D eigenvalue weighted by Gasteiger charge is -2.05. The van der Waals surface area contributed by atoms with Gasteiger partial charge in [-0.2, -0.15) is 4.98 Å². The van der Waals surface area contributed by atoms with Gasteiger partial charge in [0.05, 0.1) is 13.2 Å². The second kappa shape index (κ2) is 5.24. The highest BCUT2D eigenvalue weighted by Gasteiger charge is 2.16. The third-order valence-corrected chi connectivity index (χ3v) is 2.85. The highest BCUT2D eigenvalue weighted by atomic mass is 16.5. The Morgan fingerprint density at radius 3 is 2.74 bits per heavy atom. The Balaban J connectivity index is 2.79. The number of rotatable bonds is 5. The Kier molecular flexibility index (Phi) is 3.67. The lowest BCUT2D eigenvalue weighted by Crippen LogP contribution is -2.32. The maximum atomic E-state index is 11.9. The quantitative estimate of drug-likeness (QED) is 0.464. The fourth-order valence-electron chi connectivity index (χ4n) is 1.98. The smallest absolute Gasteiger partial charge is 0.330 e. The number of hydrogen-bond donors (Lipinski definition) is 3. The van der Waals surface area contributed by atoms with Gasteiger partial charge in [-0.1, -0.05) is 0 Å². The molecule has 2 aromatic heterocycles. The summed E-state index contributed by atoms with van der Waals surface area (Å²) in [5.41, 5.74) is 2.02. The van der Waals surface area contributed by atoms with Gasteiger partial charge in [0.1, 0.15) is 0 Å². The molecule has 4 N–H and O–H groups in total. The van der Waals surface area contributed by atoms with Crippen LogP contribution in [-0.4, -0.2) is 32.8 Å². The van der Waals surface area contributed by atoms with Crippen molar-refractivity contribution in [3.8, 4) is 0 Å². The van der Waals surface area contributed by atoms with Crippen molar-refractivity contribution in [2.75, 3.05) is 19.1 Å². The number of H-pyrrole nitrogens is 1. The number of nitrogens with one attached hydrogen (secondary N) is 2. The number of hydrazine groups is 1. The van der Waals surface area contributed by atoms with E-state index in [0.717, 1.165) is 0 Å². The Labute approximate surface area is 108 Å². The van der Waals surface area contributed by atoms with E-state index in [-0.39, 0.29) is 0 Å². The molecule has 0 saturated carbocycles. The van der Waals surface area contributed by atoms with E-state index < -0.39 is 11.2 Å². The van der Waals surface area contributed by atoms with Crippen LogP contribution in [0.15, 0.2) is 9.59 Å². The second-order valence-corrected chi connectivity index (χ2v) is 3.90. The zero-order valence-electron chi connectivity index (χ0n) is 10.8. The summed E-state index contributed by atoms with van der Waals surface area (Å²) < 4.78 is 7.91. The van der Waals surface area contributed by atoms with Gasteiger partial charge in [0.25, 0.3) is 5.56 Å². The fourth-order valence-corrected chi connectivity index (χ4v) is 1.98. The Bertz CT molecular complexity index is 698. The average Bonchev–Trinajstić information content (AvgIpc) is 2.77. The van der Waals surface area contributed by atoms with Crippen LogP contribution in [0.3, 0.4) is 0 Å². The maximum absolute atomic E-state index is 11.9. The second-order valence-electron chi connectivity index (χ2n) is 3.90. The molecule has 2 aromatic rings. The number of anilines is 1. The normalized spacial score (nSPS) is 11.1. The number of aryl methyl sites for hydroxylation is 1. The van der Waals surface area contributed by atoms with E-state index in [4.69, 9.17) is 10.6 Å². The molecule has 19 heavy (non-hydrogen) atoms. The van der Waals surface area contributed by atoms with Gasteiger partial charge in [-0.25, -0.2) is 10.6 Å². The van der Waals surface area contributed by atoms with Crippen LogP contribution < -0.4 is 22.5 Å². The van der Waals surface area contributed by atoms with Crippen LogP contribution in [0.25, 0.3) is 11.2 Å². The molecule has 0 fully saturated rings. The first kappa shape index (κ1) is 13.3. The monoisotopic (exact) mass is 268 g/mol. The standard InChI is InChI=1S/C10H16N6O3/c1-3-15-6-7(12-9(15)14-11)16(4-5-19-2)10(18)13-8(6)17/h3-5,11H2,1-2H3,(H,12,14)(H,13,17,18). The predicted octanol–water partition coefficient (Wildman–Crippen LogP) is -1.16. The van der Waals surface area contributed by atoms with E-state index >= 15 is 0 Å². The molecule has 9 nitrogen and oxygen atoms in total. The topological polar surface area (TPSA) is 120 Å². The van der Waals surface area contributed by atoms with Crippen LogP contribution in [-0.2, 0) is 17.8 Å². The number of fused-ring (bicyclic) bond motifs is 1. The molecule has 0 aliphatic carbocycles. The zero-order valence-corrected chi connectivity index (χ0v) is 10.8. The number of aromatic nitrogens is 4. The van der Waals surface area contributed by atoms with Crippen molar-refractivity contribution in [1.82, 2.24) is 19.1 Å². The molecule has 2 rings (SSSR count). The lowest BCUT2D eigenvalue weighted by atomic mass is 10.5. The van der Waals surface area contributed by atoms with Crippen molar-refractivity contribution in [3.05, 3.63) is 20.8 Å². The van der Waals surface area contributed by atoms with Crippen LogP contribution >= 0.6 is 0 Å². The van der Waals surface area contributed by atoms with Crippen LogP contribution in [0, 0.1) is 0 Å². The zero-order chi connectivity index (χ0) is 14.0. The van der Waals surface area contributed by atoms with Crippen LogP contribution in [0.2, 0.25) is 0 Å². The minimum Gasteiger partial charge on any atom is -0.383 e. The Hall–Kier alpha value is -2.13. The summed E-state index contributed by atoms with van der Waals surface area (Å²) in [4.78, 5) is 30.2. The summed E-state index contributed by atoms with van der Waals surface area (Å²) in [6, 6.07) is 0. The number of aromatic amines is 1. The van der Waals surface area contributed by atoms with Crippen molar-refractivity contribution in [2.24, 2.45) is 5.84 Å². The van der Waals surface area contributed by atoms with Crippen LogP contribution in [0.5, 0.6) is 0 Å². The van der Waals surface area contributed by atoms with Gasteiger partial charge >= 0.3 is 5.69 Å². The Morgan fingerprint density at radius 1 is 1.42 bits per heavy atom. The third-order valence-electron chi connectivity index (χ3n) is 2.85. The van der Waals surface area contributed by atoms with Crippen molar-refractivity contribution in [3.63, 3.8) is 0 Å². The molecular formula is C10H16N6O3. The van der Waals surface area contributed by atoms with Crippen molar-refractivity contribution in [2.45, 2.75) is 20.0 Å². The van der Waals surface area contributed by atoms with E-state index in [2.05, 4.69) is 15.4 Å². The number of ether oxygens (including phenoxy) is 1. The summed E-state index contributed by atoms with van der Waals surface area (Å²) >= 11 is 0. The molecule has 0 aliphatic heterocycles. The van der Waals surface area contributed by atoms with Crippen LogP contribution in [0.1, 0.15) is 6.92 Å². The summed E-state index contributed by atoms with van der Waals surface area (Å²) in [7, 11) is 1.53. The van der Waals surface area contributed by atoms with Gasteiger partial charge < -0.3 is 9.30 Å². The molecule has 0 saturated heterocycles. The summed E-state index contributed by atoms with van der Waals surface area (Å²) in [5.74, 6) is 5.70. The lowest BCUT2D eigenvalue weighted by molar-refractivity contribution is 0.187. The van der Waals surface area contributed by atoms with E-state index in [1.54, 1.807) is 4.57 Å². The molecule has 2 heterocycles. The molecule has 9 heteroatoms. The number of nitrogens with zero attached hydrogens (tertiary/aromatic N) is 3. The molecule has 0 aliphatic rings. The molecule has 0 spiro atoms. The average molecular weight is 268 g/mol. The van der Waals surface area contributed by atoms with Gasteiger partial charge in [-0.15, -0.1) is 0 Å². The Morgan fingerprint density at radius 2 is 2.16 bits per heavy atom. The summed E-state index contributed by atoms with van der Waals surface area (Å²) in [6.45, 7) is 2.99. The SMILES string of the molecule is CCn1c(NN)nc2c1c(=O)[nH]c(=O)n2CCOC. The van der Waals surface area contributed by atoms with Gasteiger partial charge in [0.15, 0.2) is 11.2 Å². The predicted molar refractivity (Wildman–Crippen MR) is 70.0 cm³/mol. The first-order valence-corrected chi connectivity index (χ1v) is 5.83. The maximum Gasteiger partial charge on any atom is 0.330 e. The minimum atomic E-state index is -0.515. The van der Waals surface area contributed by atoms with Crippen molar-refractivity contribution >= 4 is 17.1 Å². The van der Waals surface area contributed by atoms with Crippen molar-refractivity contribution < 1.29 is 4.74 Å². The summed E-state index contributed by atoms with van der Waals surface area (Å²) in [6.07, 6.45) is 0. The van der Waals surface area contributed by atoms with E-state index in [1.807, 2.05) is 6.92 Å². The molecule has 0 amide bonds. The van der Waals surface area contributed by atoms with Crippen molar-refractivity contribution in [1.29, 1.82) is 0 Å². The first-order chi connectivity index (χ1) is 9.13. The largest absolute Gasteiger partial charge is 0.383 e. The molecule has 0 radical (unpaired) electrons. The number of nitrogens with two attached hydrogens (primary N) is 1. The number of nitrogen functional groups attached to an aromatic ring is 1. The number of methoxy groups -OCH3 is 1. The summed E-state index contributed by atoms with van der Waals surface area (Å²) in [5, 5.41) is 0. The first-order valence-electron chi connectivity index (χ1n) is 5.83. The number of hydrogen-bond acceptors (Lipinski definition) is 6. The molecule has 0 atom stereocenters. The highest BCUT2D eigenvalue weighted by Crippen LogP contribution is 2.14. The van der Waals surface area contributed by atoms with Gasteiger partial charge in [-0.05, 0) is 6.92 Å². The molecule has 0 bridgehead atoms. The third kappa shape index (κ3) is 2.13. The van der Waals surface area contributed by atoms with E-state index in [0.29, 0.717) is 36.8 Å². The fraction of sp³-hybridized carbons (Fsp3) is 0.500. The van der Waals surface area contributed by atoms with E-state index in [1.165, 1.54) is 11.7 Å². The molecule has 0 unspecified atom stereocenters. The highest BCUT2D eigenvalue weighted by molar-refractivity contribution is 5.74. The molecule has 104 valence electrons. The van der Waals surface area contributed by atoms with E-state index in [9.17, 15) is 9.59 Å². The van der Waals surface area contributed by atoms with Gasteiger partial charge in [-0.3, -0.25) is 19.8 Å². The van der Waals surface area contributed by atoms with Crippen LogP contribution in [0.4, 0.5) is 5.95 Å². The minimum absolute atomic E-state index is 0.292. The van der Waals surface area contributed by atoms with Gasteiger partial charge in [0.2, 0.25) is 5.95 Å². The van der Waals surface area contributed by atoms with Gasteiger partial charge in [0, 0.05) is 13.7 Å². The molecular weight excluding hydrogens is 252 g/mol. The number of imidazole rings is 1. The molecule has 0 aromatic carbocycles.